The van der Waals surface area contributed by atoms with Crippen molar-refractivity contribution in [3.05, 3.63) is 0 Å². The molecule has 0 bridgehead atoms. The minimum absolute atomic E-state index is 0. The summed E-state index contributed by atoms with van der Waals surface area (Å²) in [6.07, 6.45) is -15.6. The van der Waals surface area contributed by atoms with E-state index < -0.39 is 124 Å². The molecule has 0 amide bonds. The summed E-state index contributed by atoms with van der Waals surface area (Å²) in [5.41, 5.74) is 0. The van der Waals surface area contributed by atoms with Gasteiger partial charge in [-0.2, -0.15) is 57.0 Å². The Kier molecular flexibility index (Phi) is 20.4. The van der Waals surface area contributed by atoms with Gasteiger partial charge >= 0.3 is 89.9 Å². The zero-order valence-electron chi connectivity index (χ0n) is 23.2. The van der Waals surface area contributed by atoms with Crippen molar-refractivity contribution in [1.29, 1.82) is 0 Å². The van der Waals surface area contributed by atoms with Crippen molar-refractivity contribution in [3.8, 4) is 0 Å². The predicted molar refractivity (Wildman–Crippen MR) is 113 cm³/mol. The third-order valence-corrected chi connectivity index (χ3v) is 5.91. The second-order valence-electron chi connectivity index (χ2n) is 8.44. The molecule has 0 rings (SSSR count). The topological polar surface area (TPSA) is 113 Å². The molecule has 27 heteroatoms. The van der Waals surface area contributed by atoms with Crippen LogP contribution in [0.25, 0.3) is 0 Å². The maximum absolute atomic E-state index is 13.4. The number of halogens is 16. The molecule has 0 saturated heterocycles. The summed E-state index contributed by atoms with van der Waals surface area (Å²) < 4.78 is 227. The summed E-state index contributed by atoms with van der Waals surface area (Å²) in [4.78, 5) is 23.8. The third kappa shape index (κ3) is 13.3. The van der Waals surface area contributed by atoms with Gasteiger partial charge in [0.2, 0.25) is 0 Å². The minimum Gasteiger partial charge on any atom is -0.691 e. The molecule has 0 aliphatic heterocycles. The zero-order chi connectivity index (χ0) is 36.2. The Balaban J connectivity index is 0. The summed E-state index contributed by atoms with van der Waals surface area (Å²) in [7, 11) is 0. The fourth-order valence-corrected chi connectivity index (χ4v) is 3.10. The van der Waals surface area contributed by atoms with Crippen molar-refractivity contribution in [2.75, 3.05) is 39.6 Å². The maximum atomic E-state index is 13.4. The molecular weight excluding hydrogens is 743 g/mol. The molecule has 0 fully saturated rings. The quantitative estimate of drug-likeness (QED) is 0.0275. The standard InChI is InChI=1S/C20H22F16O9S.Na/c21-13(22)17(29,30)19(33,34)15(25,26)1-3-40-5-7-42-11(37)9-10(46-45-44-39)12(38)43-8-6-41-4-2-16(27,28)20(35,36)18(31,32)14(23)24;/h10,13-14,39H,1-9H2;/q;+1/p-1. The molecule has 0 saturated carbocycles. The third-order valence-electron chi connectivity index (χ3n) is 5.19. The molecule has 0 aromatic carbocycles. The van der Waals surface area contributed by atoms with E-state index in [-0.39, 0.29) is 41.6 Å². The van der Waals surface area contributed by atoms with Crippen LogP contribution in [0.5, 0.6) is 0 Å². The molecule has 0 aliphatic rings. The first-order valence-corrected chi connectivity index (χ1v) is 12.6. The van der Waals surface area contributed by atoms with Crippen LogP contribution in [0, 0.1) is 0 Å². The first kappa shape index (κ1) is 48.1. The van der Waals surface area contributed by atoms with Gasteiger partial charge in [0.1, 0.15) is 18.5 Å². The summed E-state index contributed by atoms with van der Waals surface area (Å²) in [6, 6.07) is 0. The monoisotopic (exact) mass is 764 g/mol. The van der Waals surface area contributed by atoms with Gasteiger partial charge in [0, 0.05) is 24.9 Å². The SMILES string of the molecule is O=C(CC(SOO[O-])C(=O)OCCOCCC(F)(F)C(F)(F)C(F)(F)C(F)F)OCCOCCC(F)(F)C(F)(F)C(F)(F)C(F)F.[Na+]. The molecule has 1 unspecified atom stereocenters. The summed E-state index contributed by atoms with van der Waals surface area (Å²) in [5.74, 6) is -39.8. The molecule has 0 spiro atoms. The van der Waals surface area contributed by atoms with Gasteiger partial charge in [-0.1, -0.05) is 0 Å². The Morgan fingerprint density at radius 1 is 0.617 bits per heavy atom. The Labute approximate surface area is 279 Å². The average molecular weight is 764 g/mol. The first-order chi connectivity index (χ1) is 20.8. The van der Waals surface area contributed by atoms with E-state index in [4.69, 9.17) is 0 Å². The van der Waals surface area contributed by atoms with Crippen molar-refractivity contribution < 1.29 is 143 Å². The Bertz CT molecular complexity index is 950. The number of carbonyl (C=O) groups is 2. The molecule has 0 heterocycles. The molecule has 0 aromatic heterocycles. The molecule has 0 radical (unpaired) electrons. The van der Waals surface area contributed by atoms with Crippen LogP contribution in [0.1, 0.15) is 19.3 Å². The van der Waals surface area contributed by atoms with Crippen LogP contribution in [0.4, 0.5) is 70.2 Å². The summed E-state index contributed by atoms with van der Waals surface area (Å²) in [6.45, 7) is -6.35. The number of esters is 2. The zero-order valence-corrected chi connectivity index (χ0v) is 26.0. The van der Waals surface area contributed by atoms with Crippen LogP contribution in [0.2, 0.25) is 0 Å². The smallest absolute Gasteiger partial charge is 0.691 e. The predicted octanol–water partition coefficient (Wildman–Crippen LogP) is 1.86. The molecule has 0 N–H and O–H groups in total. The summed E-state index contributed by atoms with van der Waals surface area (Å²) in [5, 5.41) is 11.1. The van der Waals surface area contributed by atoms with Crippen LogP contribution in [-0.4, -0.2) is 105 Å². The van der Waals surface area contributed by atoms with E-state index in [9.17, 15) is 85.1 Å². The fraction of sp³-hybridized carbons (Fsp3) is 0.900. The number of carbonyl (C=O) groups excluding carboxylic acids is 2. The van der Waals surface area contributed by atoms with Crippen molar-refractivity contribution in [2.24, 2.45) is 0 Å². The molecule has 0 aliphatic carbocycles. The molecule has 1 atom stereocenters. The van der Waals surface area contributed by atoms with Crippen LogP contribution >= 0.6 is 12.0 Å². The Morgan fingerprint density at radius 2 is 1.00 bits per heavy atom. The second kappa shape index (κ2) is 20.0. The van der Waals surface area contributed by atoms with E-state index in [2.05, 4.69) is 28.3 Å². The normalized spacial score (nSPS) is 14.3. The van der Waals surface area contributed by atoms with Crippen molar-refractivity contribution in [2.45, 2.75) is 72.9 Å². The van der Waals surface area contributed by atoms with Gasteiger partial charge in [-0.15, -0.1) is 0 Å². The van der Waals surface area contributed by atoms with Gasteiger partial charge in [0.05, 0.1) is 32.8 Å². The van der Waals surface area contributed by atoms with Gasteiger partial charge in [-0.05, 0) is 0 Å². The van der Waals surface area contributed by atoms with E-state index in [1.807, 2.05) is 0 Å². The van der Waals surface area contributed by atoms with Gasteiger partial charge < -0.3 is 24.2 Å². The maximum Gasteiger partial charge on any atom is 1.00 e. The Hall–Kier alpha value is -1.03. The number of hydrogen-bond acceptors (Lipinski definition) is 10. The van der Waals surface area contributed by atoms with Crippen molar-refractivity contribution in [3.63, 3.8) is 0 Å². The number of rotatable bonds is 24. The van der Waals surface area contributed by atoms with Crippen LogP contribution < -0.4 is 34.8 Å². The number of ether oxygens (including phenoxy) is 4. The average Bonchev–Trinajstić information content (AvgIpc) is 2.93. The van der Waals surface area contributed by atoms with E-state index in [0.717, 1.165) is 0 Å². The van der Waals surface area contributed by atoms with E-state index in [1.165, 1.54) is 0 Å². The largest absolute Gasteiger partial charge is 1.00 e. The number of alkyl halides is 16. The van der Waals surface area contributed by atoms with E-state index in [0.29, 0.717) is 0 Å². The van der Waals surface area contributed by atoms with Crippen molar-refractivity contribution >= 4 is 24.0 Å². The number of hydrogen-bond donors (Lipinski definition) is 0. The van der Waals surface area contributed by atoms with Gasteiger partial charge in [-0.25, -0.2) is 17.6 Å². The van der Waals surface area contributed by atoms with Crippen molar-refractivity contribution in [1.82, 2.24) is 0 Å². The molecular formula is C20H21F16NaO9S. The van der Waals surface area contributed by atoms with Gasteiger partial charge in [0.15, 0.2) is 0 Å². The van der Waals surface area contributed by atoms with Crippen LogP contribution in [0.15, 0.2) is 0 Å². The van der Waals surface area contributed by atoms with E-state index >= 15 is 0 Å². The van der Waals surface area contributed by atoms with E-state index in [1.54, 1.807) is 0 Å². The van der Waals surface area contributed by atoms with Crippen LogP contribution in [-0.2, 0) is 37.9 Å². The molecule has 47 heavy (non-hydrogen) atoms. The molecule has 0 aromatic rings. The molecule has 274 valence electrons. The summed E-state index contributed by atoms with van der Waals surface area (Å²) >= 11 is -0.173. The van der Waals surface area contributed by atoms with Gasteiger partial charge in [-0.3, -0.25) is 14.6 Å². The second-order valence-corrected chi connectivity index (χ2v) is 9.34. The van der Waals surface area contributed by atoms with Gasteiger partial charge in [0.25, 0.3) is 0 Å². The Morgan fingerprint density at radius 3 is 1.36 bits per heavy atom. The minimum atomic E-state index is -6.47. The first-order valence-electron chi connectivity index (χ1n) is 11.8. The fourth-order valence-electron chi connectivity index (χ4n) is 2.62. The van der Waals surface area contributed by atoms with Crippen LogP contribution in [0.3, 0.4) is 0 Å². The molecule has 9 nitrogen and oxygen atoms in total.